The third-order valence-electron chi connectivity index (χ3n) is 7.92. The van der Waals surface area contributed by atoms with Gasteiger partial charge in [0.15, 0.2) is 17.3 Å². The minimum absolute atomic E-state index is 0.113. The van der Waals surface area contributed by atoms with Gasteiger partial charge in [0.2, 0.25) is 5.95 Å². The lowest BCUT2D eigenvalue weighted by Crippen LogP contribution is -2.32. The zero-order chi connectivity index (χ0) is 28.3. The average molecular weight is 580 g/mol. The molecule has 0 unspecified atom stereocenters. The standard InChI is InChI=1S/C30H32ClF2N7O/c31-23-9-8-20(29(41)37-21-5-1-2-6-21)13-22(23)27-38-26-16-36-30(35-15-18-7-10-24(32)25(33)12-18)39-28(26)40(27)17-19-4-3-11-34-14-19/h7-10,12-13,16,19,21,34H,1-6,11,14-15,17H2,(H,37,41)(H,35,36,39)/t19-/m1/s1. The van der Waals surface area contributed by atoms with Gasteiger partial charge in [0.1, 0.15) is 11.3 Å². The number of anilines is 1. The van der Waals surface area contributed by atoms with Crippen molar-refractivity contribution in [1.29, 1.82) is 0 Å². The number of carbonyl (C=O) groups excluding carboxylic acids is 1. The van der Waals surface area contributed by atoms with E-state index in [1.807, 2.05) is 0 Å². The van der Waals surface area contributed by atoms with Crippen molar-refractivity contribution in [3.05, 3.63) is 70.4 Å². The predicted octanol–water partition coefficient (Wildman–Crippen LogP) is 5.71. The Morgan fingerprint density at radius 1 is 1.05 bits per heavy atom. The summed E-state index contributed by atoms with van der Waals surface area (Å²) in [5.41, 5.74) is 2.98. The number of aromatic nitrogens is 4. The Balaban J connectivity index is 1.34. The van der Waals surface area contributed by atoms with E-state index in [4.69, 9.17) is 21.6 Å². The van der Waals surface area contributed by atoms with Gasteiger partial charge in [-0.25, -0.2) is 18.7 Å². The van der Waals surface area contributed by atoms with E-state index in [9.17, 15) is 13.6 Å². The highest BCUT2D eigenvalue weighted by molar-refractivity contribution is 6.33. The van der Waals surface area contributed by atoms with Crippen LogP contribution in [0.5, 0.6) is 0 Å². The maximum atomic E-state index is 13.7. The molecular weight excluding hydrogens is 548 g/mol. The Morgan fingerprint density at radius 3 is 2.68 bits per heavy atom. The first-order valence-electron chi connectivity index (χ1n) is 14.2. The maximum Gasteiger partial charge on any atom is 0.251 e. The van der Waals surface area contributed by atoms with Crippen LogP contribution in [0.4, 0.5) is 14.7 Å². The molecule has 2 fully saturated rings. The Bertz CT molecular complexity index is 1560. The van der Waals surface area contributed by atoms with Gasteiger partial charge in [-0.2, -0.15) is 4.98 Å². The molecule has 1 amide bonds. The second-order valence-electron chi connectivity index (χ2n) is 10.9. The van der Waals surface area contributed by atoms with Crippen LogP contribution in [0.1, 0.15) is 54.4 Å². The monoisotopic (exact) mass is 579 g/mol. The summed E-state index contributed by atoms with van der Waals surface area (Å²) in [5.74, 6) is -0.580. The molecular formula is C30H32ClF2N7O. The lowest BCUT2D eigenvalue weighted by atomic mass is 9.99. The Kier molecular flexibility index (Phi) is 8.11. The molecule has 0 radical (unpaired) electrons. The van der Waals surface area contributed by atoms with Crippen LogP contribution in [0, 0.1) is 17.6 Å². The van der Waals surface area contributed by atoms with Crippen molar-refractivity contribution in [2.24, 2.45) is 5.92 Å². The van der Waals surface area contributed by atoms with E-state index < -0.39 is 11.6 Å². The molecule has 1 saturated carbocycles. The maximum absolute atomic E-state index is 13.7. The fraction of sp³-hybridized carbons (Fsp3) is 0.400. The van der Waals surface area contributed by atoms with Crippen LogP contribution in [0.25, 0.3) is 22.6 Å². The highest BCUT2D eigenvalue weighted by atomic mass is 35.5. The van der Waals surface area contributed by atoms with E-state index in [0.29, 0.717) is 57.1 Å². The predicted molar refractivity (Wildman–Crippen MR) is 155 cm³/mol. The first kappa shape index (κ1) is 27.5. The first-order chi connectivity index (χ1) is 19.9. The Morgan fingerprint density at radius 2 is 1.90 bits per heavy atom. The number of benzene rings is 2. The molecule has 214 valence electrons. The number of rotatable bonds is 8. The molecule has 1 saturated heterocycles. The summed E-state index contributed by atoms with van der Waals surface area (Å²) in [6, 6.07) is 9.26. The van der Waals surface area contributed by atoms with Gasteiger partial charge in [-0.3, -0.25) is 4.79 Å². The summed E-state index contributed by atoms with van der Waals surface area (Å²) in [6.07, 6.45) is 8.06. The molecule has 41 heavy (non-hydrogen) atoms. The zero-order valence-corrected chi connectivity index (χ0v) is 23.4. The van der Waals surface area contributed by atoms with Crippen LogP contribution < -0.4 is 16.0 Å². The lowest BCUT2D eigenvalue weighted by molar-refractivity contribution is 0.0938. The molecule has 1 atom stereocenters. The van der Waals surface area contributed by atoms with Gasteiger partial charge in [-0.1, -0.05) is 30.5 Å². The number of hydrogen-bond acceptors (Lipinski definition) is 6. The molecule has 3 heterocycles. The lowest BCUT2D eigenvalue weighted by Gasteiger charge is -2.24. The largest absolute Gasteiger partial charge is 0.350 e. The third kappa shape index (κ3) is 6.18. The summed E-state index contributed by atoms with van der Waals surface area (Å²) >= 11 is 6.72. The van der Waals surface area contributed by atoms with Crippen molar-refractivity contribution < 1.29 is 13.6 Å². The topological polar surface area (TPSA) is 96.8 Å². The Hall–Kier alpha value is -3.63. The van der Waals surface area contributed by atoms with Gasteiger partial charge in [-0.15, -0.1) is 0 Å². The van der Waals surface area contributed by atoms with Crippen molar-refractivity contribution in [2.75, 3.05) is 18.4 Å². The number of piperidine rings is 1. The molecule has 1 aliphatic heterocycles. The molecule has 1 aliphatic carbocycles. The number of nitrogens with one attached hydrogen (secondary N) is 3. The van der Waals surface area contributed by atoms with E-state index in [1.165, 1.54) is 6.07 Å². The van der Waals surface area contributed by atoms with Crippen molar-refractivity contribution in [1.82, 2.24) is 30.2 Å². The number of carbonyl (C=O) groups is 1. The van der Waals surface area contributed by atoms with E-state index in [-0.39, 0.29) is 18.5 Å². The summed E-state index contributed by atoms with van der Waals surface area (Å²) in [7, 11) is 0. The minimum Gasteiger partial charge on any atom is -0.350 e. The van der Waals surface area contributed by atoms with Crippen molar-refractivity contribution in [3.8, 4) is 11.4 Å². The van der Waals surface area contributed by atoms with Crippen LogP contribution in [-0.4, -0.2) is 44.6 Å². The molecule has 2 aromatic carbocycles. The molecule has 4 aromatic rings. The van der Waals surface area contributed by atoms with E-state index >= 15 is 0 Å². The summed E-state index contributed by atoms with van der Waals surface area (Å²) in [5, 5.41) is 10.2. The van der Waals surface area contributed by atoms with Gasteiger partial charge in [0.05, 0.1) is 11.2 Å². The van der Waals surface area contributed by atoms with Crippen LogP contribution in [0.2, 0.25) is 5.02 Å². The molecule has 0 bridgehead atoms. The van der Waals surface area contributed by atoms with Gasteiger partial charge >= 0.3 is 0 Å². The zero-order valence-electron chi connectivity index (χ0n) is 22.6. The van der Waals surface area contributed by atoms with Crippen LogP contribution in [-0.2, 0) is 13.1 Å². The highest BCUT2D eigenvalue weighted by Crippen LogP contribution is 2.32. The molecule has 6 rings (SSSR count). The van der Waals surface area contributed by atoms with E-state index in [1.54, 1.807) is 24.4 Å². The van der Waals surface area contributed by atoms with Gasteiger partial charge in [-0.05, 0) is 80.6 Å². The summed E-state index contributed by atoms with van der Waals surface area (Å²) in [4.78, 5) is 27.1. The third-order valence-corrected chi connectivity index (χ3v) is 8.25. The number of nitrogens with zero attached hydrogens (tertiary/aromatic N) is 4. The fourth-order valence-electron chi connectivity index (χ4n) is 5.73. The molecule has 0 spiro atoms. The number of halogens is 3. The van der Waals surface area contributed by atoms with Gasteiger partial charge in [0, 0.05) is 30.3 Å². The summed E-state index contributed by atoms with van der Waals surface area (Å²) < 4.78 is 29.1. The minimum atomic E-state index is -0.902. The van der Waals surface area contributed by atoms with Crippen LogP contribution in [0.15, 0.2) is 42.6 Å². The number of amides is 1. The molecule has 8 nitrogen and oxygen atoms in total. The summed E-state index contributed by atoms with van der Waals surface area (Å²) in [6.45, 7) is 2.76. The van der Waals surface area contributed by atoms with Crippen molar-refractivity contribution in [2.45, 2.75) is 57.7 Å². The average Bonchev–Trinajstić information content (AvgIpc) is 3.62. The molecule has 2 aromatic heterocycles. The smallest absolute Gasteiger partial charge is 0.251 e. The van der Waals surface area contributed by atoms with E-state index in [2.05, 4.69) is 25.5 Å². The number of hydrogen-bond donors (Lipinski definition) is 3. The van der Waals surface area contributed by atoms with Crippen LogP contribution >= 0.6 is 11.6 Å². The van der Waals surface area contributed by atoms with Gasteiger partial charge in [0.25, 0.3) is 5.91 Å². The van der Waals surface area contributed by atoms with Gasteiger partial charge < -0.3 is 20.5 Å². The normalized spacial score (nSPS) is 17.7. The number of imidazole rings is 1. The second kappa shape index (κ2) is 12.1. The Labute approximate surface area is 241 Å². The highest BCUT2D eigenvalue weighted by Gasteiger charge is 2.24. The SMILES string of the molecule is O=C(NC1CCCC1)c1ccc(Cl)c(-c2nc3cnc(NCc4ccc(F)c(F)c4)nc3n2C[C@@H]2CCCNC2)c1. The second-order valence-corrected chi connectivity index (χ2v) is 11.3. The van der Waals surface area contributed by atoms with Crippen molar-refractivity contribution in [3.63, 3.8) is 0 Å². The van der Waals surface area contributed by atoms with Crippen molar-refractivity contribution >= 4 is 34.6 Å². The fourth-order valence-corrected chi connectivity index (χ4v) is 5.93. The quantitative estimate of drug-likeness (QED) is 0.247. The number of fused-ring (bicyclic) bond motifs is 1. The van der Waals surface area contributed by atoms with E-state index in [0.717, 1.165) is 63.7 Å². The first-order valence-corrected chi connectivity index (χ1v) is 14.5. The molecule has 2 aliphatic rings. The van der Waals surface area contributed by atoms with Crippen LogP contribution in [0.3, 0.4) is 0 Å². The molecule has 3 N–H and O–H groups in total. The molecule has 11 heteroatoms.